The maximum Gasteiger partial charge on any atom is 0.328 e. The number of esters is 1. The number of aliphatic hydroxyl groups is 1. The van der Waals surface area contributed by atoms with Gasteiger partial charge in [-0.2, -0.15) is 0 Å². The molecule has 6 rings (SSSR count). The number of hydrogen-bond acceptors (Lipinski definition) is 9. The van der Waals surface area contributed by atoms with Crippen molar-refractivity contribution in [2.75, 3.05) is 32.8 Å². The number of nitrogens with one attached hydrogen (secondary N) is 3. The normalized spacial score (nSPS) is 27.4. The van der Waals surface area contributed by atoms with Gasteiger partial charge in [-0.3, -0.25) is 28.8 Å². The predicted octanol–water partition coefficient (Wildman–Crippen LogP) is 1.01. The van der Waals surface area contributed by atoms with E-state index in [2.05, 4.69) is 16.0 Å². The van der Waals surface area contributed by atoms with E-state index in [4.69, 9.17) is 4.74 Å². The molecule has 4 heterocycles. The monoisotopic (exact) mass is 798 g/mol. The van der Waals surface area contributed by atoms with Crippen molar-refractivity contribution in [3.8, 4) is 0 Å². The van der Waals surface area contributed by atoms with Crippen LogP contribution in [0.3, 0.4) is 0 Å². The molecule has 17 heteroatoms. The summed E-state index contributed by atoms with van der Waals surface area (Å²) in [5, 5.41) is 18.0. The summed E-state index contributed by atoms with van der Waals surface area (Å²) in [4.78, 5) is 101. The van der Waals surface area contributed by atoms with Crippen LogP contribution in [-0.4, -0.2) is 130 Å². The van der Waals surface area contributed by atoms with Crippen LogP contribution in [0.1, 0.15) is 82.6 Å². The number of carbonyl (C=O) groups is 7. The first-order valence-electron chi connectivity index (χ1n) is 20.2. The number of fused-ring (bicyclic) bond motifs is 3. The van der Waals surface area contributed by atoms with Crippen molar-refractivity contribution in [3.63, 3.8) is 0 Å². The highest BCUT2D eigenvalue weighted by Crippen LogP contribution is 2.27. The van der Waals surface area contributed by atoms with E-state index in [1.807, 2.05) is 0 Å². The van der Waals surface area contributed by atoms with Gasteiger partial charge in [0, 0.05) is 32.1 Å². The minimum atomic E-state index is -1.58. The lowest BCUT2D eigenvalue weighted by Gasteiger charge is -2.39. The predicted molar refractivity (Wildman–Crippen MR) is 198 cm³/mol. The highest BCUT2D eigenvalue weighted by Gasteiger charge is 2.45. The van der Waals surface area contributed by atoms with E-state index >= 15 is 0 Å². The smallest absolute Gasteiger partial charge is 0.328 e. The zero-order chi connectivity index (χ0) is 40.6. The van der Waals surface area contributed by atoms with E-state index in [-0.39, 0.29) is 50.4 Å². The third-order valence-corrected chi connectivity index (χ3v) is 11.7. The number of piperidine rings is 1. The lowest BCUT2D eigenvalue weighted by molar-refractivity contribution is -0.159. The van der Waals surface area contributed by atoms with Crippen molar-refractivity contribution < 1.29 is 52.2 Å². The van der Waals surface area contributed by atoms with Crippen molar-refractivity contribution in [1.82, 2.24) is 30.7 Å². The number of allylic oxidation sites excluding steroid dienone is 1. The van der Waals surface area contributed by atoms with Gasteiger partial charge in [-0.15, -0.1) is 0 Å². The summed E-state index contributed by atoms with van der Waals surface area (Å²) in [5.41, 5.74) is 0.0532. The Labute approximate surface area is 329 Å². The summed E-state index contributed by atoms with van der Waals surface area (Å²) in [5.74, 6) is -6.63. The molecule has 57 heavy (non-hydrogen) atoms. The molecule has 0 radical (unpaired) electrons. The molecule has 4 N–H and O–H groups in total. The first-order chi connectivity index (χ1) is 27.4. The van der Waals surface area contributed by atoms with Crippen molar-refractivity contribution >= 4 is 41.4 Å². The number of amides is 6. The number of carbonyl (C=O) groups excluding carboxylic acids is 7. The van der Waals surface area contributed by atoms with Gasteiger partial charge in [0.2, 0.25) is 35.4 Å². The Bertz CT molecular complexity index is 1720. The summed E-state index contributed by atoms with van der Waals surface area (Å²) in [7, 11) is 0. The number of ether oxygens (including phenoxy) is 1. The van der Waals surface area contributed by atoms with Crippen LogP contribution in [0.25, 0.3) is 0 Å². The van der Waals surface area contributed by atoms with E-state index in [1.165, 1.54) is 20.8 Å². The van der Waals surface area contributed by atoms with Crippen LogP contribution in [0, 0.1) is 17.6 Å². The van der Waals surface area contributed by atoms with Gasteiger partial charge in [0.25, 0.3) is 0 Å². The number of hydrogen-bond donors (Lipinski definition) is 4. The van der Waals surface area contributed by atoms with E-state index in [1.54, 1.807) is 6.08 Å². The maximum absolute atomic E-state index is 14.4. The molecular formula is C40H52F2N6O9. The second-order valence-electron chi connectivity index (χ2n) is 15.7. The molecule has 1 aromatic rings. The minimum Gasteiger partial charge on any atom is -0.461 e. The van der Waals surface area contributed by atoms with Crippen LogP contribution in [0.2, 0.25) is 0 Å². The van der Waals surface area contributed by atoms with Crippen LogP contribution in [-0.2, 0) is 44.7 Å². The molecule has 0 spiro atoms. The average molecular weight is 799 g/mol. The molecule has 310 valence electrons. The zero-order valence-electron chi connectivity index (χ0n) is 32.0. The molecule has 4 aliphatic heterocycles. The van der Waals surface area contributed by atoms with Gasteiger partial charge in [0.1, 0.15) is 54.5 Å². The fourth-order valence-electron chi connectivity index (χ4n) is 8.73. The molecule has 0 unspecified atom stereocenters. The number of benzene rings is 1. The van der Waals surface area contributed by atoms with E-state index in [0.29, 0.717) is 38.2 Å². The summed E-state index contributed by atoms with van der Waals surface area (Å²) in [6.45, 7) is -0.991. The number of cyclic esters (lactones) is 1. The molecule has 5 fully saturated rings. The van der Waals surface area contributed by atoms with Crippen LogP contribution >= 0.6 is 0 Å². The molecule has 6 amide bonds. The molecular weight excluding hydrogens is 746 g/mol. The fourth-order valence-corrected chi connectivity index (χ4v) is 8.73. The summed E-state index contributed by atoms with van der Waals surface area (Å²) < 4.78 is 34.1. The molecule has 6 atom stereocenters. The van der Waals surface area contributed by atoms with Gasteiger partial charge in [-0.1, -0.05) is 25.3 Å². The highest BCUT2D eigenvalue weighted by atomic mass is 19.1. The first-order valence-corrected chi connectivity index (χ1v) is 20.2. The zero-order valence-corrected chi connectivity index (χ0v) is 32.0. The van der Waals surface area contributed by atoms with Crippen LogP contribution in [0.15, 0.2) is 30.4 Å². The summed E-state index contributed by atoms with van der Waals surface area (Å²) >= 11 is 0. The first kappa shape index (κ1) is 41.7. The Kier molecular flexibility index (Phi) is 13.9. The van der Waals surface area contributed by atoms with Gasteiger partial charge in [0.05, 0.1) is 6.61 Å². The van der Waals surface area contributed by atoms with E-state index in [9.17, 15) is 47.4 Å². The second-order valence-corrected chi connectivity index (χ2v) is 15.7. The molecule has 1 saturated carbocycles. The Morgan fingerprint density at radius 2 is 1.40 bits per heavy atom. The highest BCUT2D eigenvalue weighted by molar-refractivity contribution is 5.98. The van der Waals surface area contributed by atoms with Gasteiger partial charge in [-0.25, -0.2) is 13.6 Å². The fraction of sp³-hybridized carbons (Fsp3) is 0.625. The number of aliphatic hydroxyl groups excluding tert-OH is 1. The van der Waals surface area contributed by atoms with Crippen molar-refractivity contribution in [2.45, 2.75) is 120 Å². The minimum absolute atomic E-state index is 0.0532. The molecule has 15 nitrogen and oxygen atoms in total. The van der Waals surface area contributed by atoms with E-state index < -0.39 is 103 Å². The topological polar surface area (TPSA) is 195 Å². The van der Waals surface area contributed by atoms with Crippen LogP contribution in [0.5, 0.6) is 0 Å². The third-order valence-electron chi connectivity index (χ3n) is 11.7. The van der Waals surface area contributed by atoms with Gasteiger partial charge >= 0.3 is 5.97 Å². The van der Waals surface area contributed by atoms with Gasteiger partial charge in [-0.05, 0) is 87.5 Å². The van der Waals surface area contributed by atoms with Crippen molar-refractivity contribution in [2.24, 2.45) is 5.92 Å². The second kappa shape index (κ2) is 19.0. The average Bonchev–Trinajstić information content (AvgIpc) is 3.90. The maximum atomic E-state index is 14.4. The van der Waals surface area contributed by atoms with Gasteiger partial charge in [0.15, 0.2) is 0 Å². The lowest BCUT2D eigenvalue weighted by atomic mass is 9.89. The number of halogens is 2. The molecule has 0 bridgehead atoms. The standard InChI is InChI=1S/C40H52F2N6O9/c41-26-18-25(19-27(42)21-26)20-28(43-34(50)14-13-24-8-2-1-3-9-24)35(51)45-30-23-57-40(56)33-12-7-17-48(33)37(53)29(22-49)44-36(52)31-10-4-5-15-46(31)39(55)32-11-6-16-47(32)38(30)54/h13-14,18-19,21,24,28-33,49H,1-12,15-17,20,22-23H2,(H,43,50)(H,44,52)(H,45,51)/t28-,29+,30-,31-,32-,33-/m0/s1. The quantitative estimate of drug-likeness (QED) is 0.220. The third kappa shape index (κ3) is 10.1. The summed E-state index contributed by atoms with van der Waals surface area (Å²) in [6, 6.07) is -4.80. The molecule has 1 aliphatic carbocycles. The molecule has 4 saturated heterocycles. The molecule has 5 aliphatic rings. The van der Waals surface area contributed by atoms with Crippen molar-refractivity contribution in [1.29, 1.82) is 0 Å². The molecule has 1 aromatic carbocycles. The Hall–Kier alpha value is -4.93. The van der Waals surface area contributed by atoms with Crippen LogP contribution < -0.4 is 16.0 Å². The largest absolute Gasteiger partial charge is 0.461 e. The van der Waals surface area contributed by atoms with Crippen molar-refractivity contribution in [3.05, 3.63) is 47.5 Å². The summed E-state index contributed by atoms with van der Waals surface area (Å²) in [6.07, 6.45) is 10.5. The molecule has 0 aromatic heterocycles. The number of nitrogens with zero attached hydrogens (tertiary/aromatic N) is 3. The van der Waals surface area contributed by atoms with Gasteiger partial charge < -0.3 is 40.5 Å². The lowest BCUT2D eigenvalue weighted by Crippen LogP contribution is -2.62. The Balaban J connectivity index is 1.29. The number of rotatable bonds is 8. The van der Waals surface area contributed by atoms with E-state index in [0.717, 1.165) is 44.2 Å². The Morgan fingerprint density at radius 3 is 2.11 bits per heavy atom. The van der Waals surface area contributed by atoms with Crippen LogP contribution in [0.4, 0.5) is 8.78 Å². The SMILES string of the molecule is O=C(C=CC1CCCCC1)N[C@@H](Cc1cc(F)cc(F)c1)C(=O)N[C@H]1COC(=O)[C@@H]2CCCN2C(=O)[C@@H](CO)NC(=O)[C@@H]2CCCCN2C(=O)[C@@H]2CCCN2C1=O. The Morgan fingerprint density at radius 1 is 0.789 bits per heavy atom.